The van der Waals surface area contributed by atoms with E-state index in [1.165, 1.54) is 0 Å². The molecule has 1 fully saturated rings. The van der Waals surface area contributed by atoms with Gasteiger partial charge in [-0.05, 0) is 37.6 Å². The van der Waals surface area contributed by atoms with Crippen molar-refractivity contribution in [2.24, 2.45) is 5.92 Å². The molecule has 0 amide bonds. The molecule has 0 radical (unpaired) electrons. The van der Waals surface area contributed by atoms with E-state index >= 15 is 0 Å². The highest BCUT2D eigenvalue weighted by Gasteiger charge is 2.32. The van der Waals surface area contributed by atoms with E-state index in [0.717, 1.165) is 18.7 Å². The van der Waals surface area contributed by atoms with Crippen molar-refractivity contribution in [2.75, 3.05) is 29.9 Å². The van der Waals surface area contributed by atoms with Gasteiger partial charge in [0.15, 0.2) is 0 Å². The van der Waals surface area contributed by atoms with Gasteiger partial charge in [0.2, 0.25) is 5.95 Å². The maximum absolute atomic E-state index is 11.9. The molecule has 1 aliphatic heterocycles. The number of rotatable bonds is 6. The second-order valence-electron chi connectivity index (χ2n) is 5.88. The van der Waals surface area contributed by atoms with Gasteiger partial charge in [-0.3, -0.25) is 0 Å². The minimum atomic E-state index is -0.631. The molecule has 0 bridgehead atoms. The molecule has 132 valence electrons. The van der Waals surface area contributed by atoms with Gasteiger partial charge in [-0.1, -0.05) is 6.07 Å². The molecule has 7 nitrogen and oxygen atoms in total. The summed E-state index contributed by atoms with van der Waals surface area (Å²) in [6.07, 6.45) is 3.56. The minimum Gasteiger partial charge on any atom is -0.462 e. The van der Waals surface area contributed by atoms with Crippen LogP contribution in [0.3, 0.4) is 0 Å². The SMILES string of the molecule is CCOC(=O)c1cccc(N2CC[C@@H](CNc3ncccn3)[C@@H]2O)c1. The molecule has 1 aromatic carbocycles. The number of benzene rings is 1. The number of aromatic nitrogens is 2. The standard InChI is InChI=1S/C18H22N4O3/c1-2-25-17(24)13-5-3-6-15(11-13)22-10-7-14(16(22)23)12-21-18-19-8-4-9-20-18/h3-6,8-9,11,14,16,23H,2,7,10,12H2,1H3,(H,19,20,21)/t14-,16-/m0/s1. The first-order valence-electron chi connectivity index (χ1n) is 8.42. The second kappa shape index (κ2) is 7.94. The van der Waals surface area contributed by atoms with E-state index < -0.39 is 6.23 Å². The second-order valence-corrected chi connectivity index (χ2v) is 5.88. The number of aliphatic hydroxyl groups is 1. The lowest BCUT2D eigenvalue weighted by Gasteiger charge is -2.26. The number of ether oxygens (including phenoxy) is 1. The summed E-state index contributed by atoms with van der Waals surface area (Å²) < 4.78 is 5.04. The highest BCUT2D eigenvalue weighted by Crippen LogP contribution is 2.29. The summed E-state index contributed by atoms with van der Waals surface area (Å²) in [7, 11) is 0. The molecule has 1 aromatic heterocycles. The molecule has 1 saturated heterocycles. The van der Waals surface area contributed by atoms with Crippen molar-refractivity contribution in [2.45, 2.75) is 19.6 Å². The van der Waals surface area contributed by atoms with Crippen LogP contribution in [0.2, 0.25) is 0 Å². The zero-order valence-electron chi connectivity index (χ0n) is 14.1. The van der Waals surface area contributed by atoms with Crippen molar-refractivity contribution in [3.8, 4) is 0 Å². The first-order chi connectivity index (χ1) is 12.2. The Kier molecular flexibility index (Phi) is 5.45. The molecule has 0 aliphatic carbocycles. The lowest BCUT2D eigenvalue weighted by molar-refractivity contribution is 0.0526. The first-order valence-corrected chi connectivity index (χ1v) is 8.42. The van der Waals surface area contributed by atoms with Crippen molar-refractivity contribution in [3.05, 3.63) is 48.3 Å². The number of carbonyl (C=O) groups is 1. The van der Waals surface area contributed by atoms with E-state index in [2.05, 4.69) is 15.3 Å². The molecule has 0 saturated carbocycles. The minimum absolute atomic E-state index is 0.0510. The van der Waals surface area contributed by atoms with Crippen LogP contribution in [-0.4, -0.2) is 47.0 Å². The van der Waals surface area contributed by atoms with E-state index in [9.17, 15) is 9.90 Å². The number of nitrogens with zero attached hydrogens (tertiary/aromatic N) is 3. The molecular weight excluding hydrogens is 320 g/mol. The van der Waals surface area contributed by atoms with Crippen LogP contribution in [-0.2, 0) is 4.74 Å². The molecular formula is C18H22N4O3. The van der Waals surface area contributed by atoms with Crippen molar-refractivity contribution >= 4 is 17.6 Å². The Morgan fingerprint density at radius 3 is 2.92 bits per heavy atom. The normalized spacial score (nSPS) is 19.7. The number of hydrogen-bond acceptors (Lipinski definition) is 7. The molecule has 2 atom stereocenters. The first kappa shape index (κ1) is 17.2. The van der Waals surface area contributed by atoms with E-state index in [1.54, 1.807) is 43.6 Å². The summed E-state index contributed by atoms with van der Waals surface area (Å²) in [5, 5.41) is 13.8. The smallest absolute Gasteiger partial charge is 0.338 e. The average Bonchev–Trinajstić information content (AvgIpc) is 3.02. The summed E-state index contributed by atoms with van der Waals surface area (Å²) in [6, 6.07) is 8.93. The van der Waals surface area contributed by atoms with Crippen LogP contribution in [0.4, 0.5) is 11.6 Å². The number of anilines is 2. The van der Waals surface area contributed by atoms with Crippen molar-refractivity contribution < 1.29 is 14.6 Å². The quantitative estimate of drug-likeness (QED) is 0.775. The third kappa shape index (κ3) is 4.06. The summed E-state index contributed by atoms with van der Waals surface area (Å²) in [5.74, 6) is 0.255. The Morgan fingerprint density at radius 1 is 1.36 bits per heavy atom. The van der Waals surface area contributed by atoms with Gasteiger partial charge >= 0.3 is 5.97 Å². The van der Waals surface area contributed by atoms with Crippen molar-refractivity contribution in [1.29, 1.82) is 0 Å². The number of aliphatic hydroxyl groups excluding tert-OH is 1. The summed E-state index contributed by atoms with van der Waals surface area (Å²) >= 11 is 0. The number of nitrogens with one attached hydrogen (secondary N) is 1. The fraction of sp³-hybridized carbons (Fsp3) is 0.389. The van der Waals surface area contributed by atoms with Crippen molar-refractivity contribution in [1.82, 2.24) is 9.97 Å². The van der Waals surface area contributed by atoms with Gasteiger partial charge in [0.25, 0.3) is 0 Å². The van der Waals surface area contributed by atoms with Crippen LogP contribution in [0, 0.1) is 5.92 Å². The van der Waals surface area contributed by atoms with Gasteiger partial charge in [-0.25, -0.2) is 14.8 Å². The van der Waals surface area contributed by atoms with Crippen LogP contribution in [0.15, 0.2) is 42.7 Å². The van der Waals surface area contributed by atoms with Crippen LogP contribution in [0.1, 0.15) is 23.7 Å². The van der Waals surface area contributed by atoms with Gasteiger partial charge in [-0.15, -0.1) is 0 Å². The Bertz CT molecular complexity index is 710. The van der Waals surface area contributed by atoms with Crippen LogP contribution in [0.25, 0.3) is 0 Å². The predicted molar refractivity (Wildman–Crippen MR) is 94.4 cm³/mol. The fourth-order valence-electron chi connectivity index (χ4n) is 2.97. The topological polar surface area (TPSA) is 87.6 Å². The predicted octanol–water partition coefficient (Wildman–Crippen LogP) is 1.91. The van der Waals surface area contributed by atoms with Crippen molar-refractivity contribution in [3.63, 3.8) is 0 Å². The van der Waals surface area contributed by atoms with E-state index in [1.807, 2.05) is 11.0 Å². The van der Waals surface area contributed by atoms with E-state index in [0.29, 0.717) is 24.7 Å². The molecule has 3 rings (SSSR count). The largest absolute Gasteiger partial charge is 0.462 e. The molecule has 7 heteroatoms. The average molecular weight is 342 g/mol. The van der Waals surface area contributed by atoms with Crippen LogP contribution >= 0.6 is 0 Å². The van der Waals surface area contributed by atoms with Gasteiger partial charge in [0.1, 0.15) is 6.23 Å². The highest BCUT2D eigenvalue weighted by molar-refractivity contribution is 5.90. The zero-order valence-corrected chi connectivity index (χ0v) is 14.1. The Labute approximate surface area is 146 Å². The Hall–Kier alpha value is -2.67. The molecule has 2 N–H and O–H groups in total. The summed E-state index contributed by atoms with van der Waals surface area (Å²) in [5.41, 5.74) is 1.31. The summed E-state index contributed by atoms with van der Waals surface area (Å²) in [4.78, 5) is 22.0. The third-order valence-electron chi connectivity index (χ3n) is 4.26. The maximum atomic E-state index is 11.9. The van der Waals surface area contributed by atoms with Crippen LogP contribution < -0.4 is 10.2 Å². The maximum Gasteiger partial charge on any atom is 0.338 e. The molecule has 25 heavy (non-hydrogen) atoms. The molecule has 0 unspecified atom stereocenters. The molecule has 2 heterocycles. The Balaban J connectivity index is 1.64. The summed E-state index contributed by atoms with van der Waals surface area (Å²) in [6.45, 7) is 3.42. The Morgan fingerprint density at radius 2 is 2.16 bits per heavy atom. The molecule has 2 aromatic rings. The van der Waals surface area contributed by atoms with Gasteiger partial charge in [-0.2, -0.15) is 0 Å². The highest BCUT2D eigenvalue weighted by atomic mass is 16.5. The lowest BCUT2D eigenvalue weighted by atomic mass is 10.1. The van der Waals surface area contributed by atoms with Gasteiger partial charge in [0, 0.05) is 37.1 Å². The van der Waals surface area contributed by atoms with E-state index in [-0.39, 0.29) is 11.9 Å². The fourth-order valence-corrected chi connectivity index (χ4v) is 2.97. The molecule has 0 spiro atoms. The number of esters is 1. The zero-order chi connectivity index (χ0) is 17.6. The van der Waals surface area contributed by atoms with Gasteiger partial charge < -0.3 is 20.1 Å². The number of carbonyl (C=O) groups excluding carboxylic acids is 1. The van der Waals surface area contributed by atoms with E-state index in [4.69, 9.17) is 4.74 Å². The third-order valence-corrected chi connectivity index (χ3v) is 4.26. The molecule has 1 aliphatic rings. The van der Waals surface area contributed by atoms with Gasteiger partial charge in [0.05, 0.1) is 12.2 Å². The number of hydrogen-bond donors (Lipinski definition) is 2. The van der Waals surface area contributed by atoms with Crippen LogP contribution in [0.5, 0.6) is 0 Å². The monoisotopic (exact) mass is 342 g/mol. The lowest BCUT2D eigenvalue weighted by Crippen LogP contribution is -2.35.